The van der Waals surface area contributed by atoms with E-state index in [2.05, 4.69) is 57.6 Å². The number of halogens is 3. The minimum Gasteiger partial charge on any atom is -0.374 e. The third-order valence-corrected chi connectivity index (χ3v) is 6.70. The summed E-state index contributed by atoms with van der Waals surface area (Å²) in [5.41, 5.74) is 2.56. The molecule has 4 rings (SSSR count). The molecule has 2 aromatic rings. The van der Waals surface area contributed by atoms with Gasteiger partial charge in [-0.25, -0.2) is 0 Å². The SMILES string of the molecule is CN1CCN([C@@H](CNC(=O)C(=O)Nc2cccc(C(F)(F)F)c2)c2ccc3c(c2)CCN3C)CC1. The first-order valence-corrected chi connectivity index (χ1v) is 11.6. The van der Waals surface area contributed by atoms with E-state index in [4.69, 9.17) is 0 Å². The summed E-state index contributed by atoms with van der Waals surface area (Å²) in [6.45, 7) is 4.62. The molecule has 1 fully saturated rings. The highest BCUT2D eigenvalue weighted by Gasteiger charge is 2.31. The summed E-state index contributed by atoms with van der Waals surface area (Å²) in [6.07, 6.45) is -3.58. The molecule has 10 heteroatoms. The first kappa shape index (κ1) is 25.0. The fourth-order valence-corrected chi connectivity index (χ4v) is 4.62. The Morgan fingerprint density at radius 1 is 0.971 bits per heavy atom. The number of carbonyl (C=O) groups is 2. The molecule has 0 aliphatic carbocycles. The molecule has 2 heterocycles. The minimum atomic E-state index is -4.54. The summed E-state index contributed by atoms with van der Waals surface area (Å²) in [5, 5.41) is 4.96. The van der Waals surface area contributed by atoms with Gasteiger partial charge in [-0.1, -0.05) is 18.2 Å². The van der Waals surface area contributed by atoms with Gasteiger partial charge in [-0.3, -0.25) is 14.5 Å². The molecule has 2 amide bonds. The van der Waals surface area contributed by atoms with Crippen LogP contribution in [-0.2, 0) is 22.2 Å². The lowest BCUT2D eigenvalue weighted by Gasteiger charge is -2.38. The number of fused-ring (bicyclic) bond motifs is 1. The molecule has 7 nitrogen and oxygen atoms in total. The monoisotopic (exact) mass is 489 g/mol. The van der Waals surface area contributed by atoms with Crippen molar-refractivity contribution in [3.8, 4) is 0 Å². The van der Waals surface area contributed by atoms with Gasteiger partial charge in [-0.15, -0.1) is 0 Å². The summed E-state index contributed by atoms with van der Waals surface area (Å²) in [6, 6.07) is 10.4. The van der Waals surface area contributed by atoms with Crippen molar-refractivity contribution in [1.82, 2.24) is 15.1 Å². The van der Waals surface area contributed by atoms with Crippen LogP contribution in [0.5, 0.6) is 0 Å². The second-order valence-electron chi connectivity index (χ2n) is 9.16. The maximum absolute atomic E-state index is 12.9. The van der Waals surface area contributed by atoms with Crippen LogP contribution in [0.25, 0.3) is 0 Å². The lowest BCUT2D eigenvalue weighted by Crippen LogP contribution is -2.49. The fourth-order valence-electron chi connectivity index (χ4n) is 4.62. The smallest absolute Gasteiger partial charge is 0.374 e. The highest BCUT2D eigenvalue weighted by atomic mass is 19.4. The molecular weight excluding hydrogens is 459 g/mol. The largest absolute Gasteiger partial charge is 0.416 e. The molecule has 188 valence electrons. The number of hydrogen-bond donors (Lipinski definition) is 2. The van der Waals surface area contributed by atoms with Gasteiger partial charge in [0.1, 0.15) is 0 Å². The molecule has 2 aliphatic rings. The quantitative estimate of drug-likeness (QED) is 0.633. The summed E-state index contributed by atoms with van der Waals surface area (Å²) in [7, 11) is 4.13. The van der Waals surface area contributed by atoms with Gasteiger partial charge in [0, 0.05) is 57.7 Å². The maximum Gasteiger partial charge on any atom is 0.416 e. The number of carbonyl (C=O) groups excluding carboxylic acids is 2. The Kier molecular flexibility index (Phi) is 7.32. The van der Waals surface area contributed by atoms with Gasteiger partial charge >= 0.3 is 18.0 Å². The van der Waals surface area contributed by atoms with Gasteiger partial charge in [0.05, 0.1) is 11.6 Å². The van der Waals surface area contributed by atoms with Crippen LogP contribution in [0.1, 0.15) is 22.7 Å². The summed E-state index contributed by atoms with van der Waals surface area (Å²) >= 11 is 0. The highest BCUT2D eigenvalue weighted by Crippen LogP contribution is 2.32. The van der Waals surface area contributed by atoms with E-state index in [1.54, 1.807) is 0 Å². The molecule has 0 unspecified atom stereocenters. The van der Waals surface area contributed by atoms with Gasteiger partial charge in [-0.2, -0.15) is 13.2 Å². The van der Waals surface area contributed by atoms with E-state index in [1.807, 2.05) is 0 Å². The molecule has 0 saturated carbocycles. The zero-order valence-electron chi connectivity index (χ0n) is 19.9. The van der Waals surface area contributed by atoms with Crippen molar-refractivity contribution in [1.29, 1.82) is 0 Å². The van der Waals surface area contributed by atoms with E-state index >= 15 is 0 Å². The van der Waals surface area contributed by atoms with Crippen molar-refractivity contribution in [2.75, 3.05) is 63.6 Å². The third kappa shape index (κ3) is 5.94. The van der Waals surface area contributed by atoms with E-state index in [-0.39, 0.29) is 18.3 Å². The normalized spacial score (nSPS) is 17.7. The zero-order valence-corrected chi connectivity index (χ0v) is 19.9. The van der Waals surface area contributed by atoms with Crippen LogP contribution in [0.2, 0.25) is 0 Å². The molecule has 2 aromatic carbocycles. The first-order chi connectivity index (χ1) is 16.6. The average molecular weight is 490 g/mol. The average Bonchev–Trinajstić information content (AvgIpc) is 3.20. The number of nitrogens with zero attached hydrogens (tertiary/aromatic N) is 3. The highest BCUT2D eigenvalue weighted by molar-refractivity contribution is 6.39. The Morgan fingerprint density at radius 2 is 1.71 bits per heavy atom. The summed E-state index contributed by atoms with van der Waals surface area (Å²) in [4.78, 5) is 31.7. The van der Waals surface area contributed by atoms with Crippen molar-refractivity contribution >= 4 is 23.2 Å². The van der Waals surface area contributed by atoms with Gasteiger partial charge in [-0.05, 0) is 48.9 Å². The van der Waals surface area contributed by atoms with Gasteiger partial charge in [0.2, 0.25) is 0 Å². The second-order valence-corrected chi connectivity index (χ2v) is 9.16. The Labute approximate surface area is 202 Å². The molecule has 0 bridgehead atoms. The number of anilines is 2. The van der Waals surface area contributed by atoms with Crippen molar-refractivity contribution in [2.45, 2.75) is 18.6 Å². The molecule has 0 aromatic heterocycles. The molecule has 35 heavy (non-hydrogen) atoms. The molecular formula is C25H30F3N5O2. The van der Waals surface area contributed by atoms with E-state index in [9.17, 15) is 22.8 Å². The Balaban J connectivity index is 1.45. The number of amides is 2. The Hall–Kier alpha value is -3.11. The molecule has 0 spiro atoms. The van der Waals surface area contributed by atoms with Crippen molar-refractivity contribution in [2.24, 2.45) is 0 Å². The number of rotatable bonds is 5. The van der Waals surface area contributed by atoms with Crippen molar-refractivity contribution < 1.29 is 22.8 Å². The van der Waals surface area contributed by atoms with Crippen LogP contribution in [-0.4, -0.2) is 75.0 Å². The number of nitrogens with one attached hydrogen (secondary N) is 2. The van der Waals surface area contributed by atoms with Gasteiger partial charge < -0.3 is 20.4 Å². The zero-order chi connectivity index (χ0) is 25.2. The van der Waals surface area contributed by atoms with Gasteiger partial charge in [0.15, 0.2) is 0 Å². The Morgan fingerprint density at radius 3 is 2.43 bits per heavy atom. The van der Waals surface area contributed by atoms with Crippen LogP contribution >= 0.6 is 0 Å². The number of hydrogen-bond acceptors (Lipinski definition) is 5. The topological polar surface area (TPSA) is 67.9 Å². The van der Waals surface area contributed by atoms with Crippen molar-refractivity contribution in [3.05, 3.63) is 59.2 Å². The van der Waals surface area contributed by atoms with Crippen LogP contribution in [0.4, 0.5) is 24.5 Å². The molecule has 2 N–H and O–H groups in total. The van der Waals surface area contributed by atoms with E-state index in [1.165, 1.54) is 23.4 Å². The fraction of sp³-hybridized carbons (Fsp3) is 0.440. The van der Waals surface area contributed by atoms with E-state index in [0.29, 0.717) is 0 Å². The van der Waals surface area contributed by atoms with Crippen LogP contribution in [0, 0.1) is 0 Å². The maximum atomic E-state index is 12.9. The summed E-state index contributed by atoms with van der Waals surface area (Å²) in [5.74, 6) is -1.89. The summed E-state index contributed by atoms with van der Waals surface area (Å²) < 4.78 is 38.8. The number of alkyl halides is 3. The lowest BCUT2D eigenvalue weighted by atomic mass is 10.00. The Bertz CT molecular complexity index is 1080. The third-order valence-electron chi connectivity index (χ3n) is 6.70. The lowest BCUT2D eigenvalue weighted by molar-refractivity contribution is -0.137. The molecule has 0 radical (unpaired) electrons. The molecule has 1 saturated heterocycles. The van der Waals surface area contributed by atoms with Crippen molar-refractivity contribution in [3.63, 3.8) is 0 Å². The molecule has 1 atom stereocenters. The van der Waals surface area contributed by atoms with Crippen LogP contribution in [0.15, 0.2) is 42.5 Å². The number of piperazine rings is 1. The van der Waals surface area contributed by atoms with Crippen LogP contribution < -0.4 is 15.5 Å². The van der Waals surface area contributed by atoms with E-state index in [0.717, 1.165) is 56.8 Å². The first-order valence-electron chi connectivity index (χ1n) is 11.6. The second kappa shape index (κ2) is 10.2. The van der Waals surface area contributed by atoms with E-state index < -0.39 is 23.6 Å². The number of benzene rings is 2. The minimum absolute atomic E-state index is 0.0849. The van der Waals surface area contributed by atoms with Crippen LogP contribution in [0.3, 0.4) is 0 Å². The predicted octanol–water partition coefficient (Wildman–Crippen LogP) is 2.74. The number of likely N-dealkylation sites (N-methyl/N-ethyl adjacent to an activating group) is 2. The standard InChI is InChI=1S/C25H30F3N5O2/c1-31-10-12-33(13-11-31)22(17-6-7-21-18(14-17)8-9-32(21)2)16-29-23(34)24(35)30-20-5-3-4-19(15-20)25(26,27)28/h3-7,14-15,22H,8-13,16H2,1-2H3,(H,29,34)(H,30,35)/t22-/m0/s1. The predicted molar refractivity (Wildman–Crippen MR) is 128 cm³/mol. The molecule has 2 aliphatic heterocycles. The van der Waals surface area contributed by atoms with Gasteiger partial charge in [0.25, 0.3) is 0 Å².